The van der Waals surface area contributed by atoms with Crippen LogP contribution >= 0.6 is 0 Å². The van der Waals surface area contributed by atoms with Gasteiger partial charge in [0.15, 0.2) is 0 Å². The maximum absolute atomic E-state index is 12.8. The zero-order valence-electron chi connectivity index (χ0n) is 13.3. The standard InChI is InChI=1S/C18H17F3N2O2/c19-18(20,21)13-6-8-14(9-7-13)23-12-22(10-3-11-24)17(25)15-4-1-2-5-16(15)23/h1-2,4-9,24H,3,10-12H2. The third-order valence-electron chi connectivity index (χ3n) is 4.12. The van der Waals surface area contributed by atoms with E-state index in [1.807, 2.05) is 0 Å². The molecule has 7 heteroatoms. The molecule has 1 amide bonds. The van der Waals surface area contributed by atoms with Crippen molar-refractivity contribution in [1.29, 1.82) is 0 Å². The molecule has 25 heavy (non-hydrogen) atoms. The highest BCUT2D eigenvalue weighted by Gasteiger charge is 2.32. The summed E-state index contributed by atoms with van der Waals surface area (Å²) in [6.45, 7) is 0.563. The second kappa shape index (κ2) is 6.76. The first-order valence-corrected chi connectivity index (χ1v) is 7.86. The predicted molar refractivity (Wildman–Crippen MR) is 87.6 cm³/mol. The Morgan fingerprint density at radius 3 is 2.36 bits per heavy atom. The Bertz CT molecular complexity index is 760. The Hall–Kier alpha value is -2.54. The summed E-state index contributed by atoms with van der Waals surface area (Å²) in [5.74, 6) is -0.146. The number of carbonyl (C=O) groups is 1. The predicted octanol–water partition coefficient (Wildman–Crippen LogP) is 3.64. The van der Waals surface area contributed by atoms with Crippen LogP contribution in [0.1, 0.15) is 22.3 Å². The SMILES string of the molecule is O=C1c2ccccc2N(c2ccc(C(F)(F)F)cc2)CN1CCCO. The number of carbonyl (C=O) groups excluding carboxylic acids is 1. The molecule has 1 aliphatic rings. The van der Waals surface area contributed by atoms with E-state index in [0.717, 1.165) is 12.1 Å². The number of fused-ring (bicyclic) bond motifs is 1. The summed E-state index contributed by atoms with van der Waals surface area (Å²) in [5, 5.41) is 9.01. The van der Waals surface area contributed by atoms with E-state index < -0.39 is 11.7 Å². The van der Waals surface area contributed by atoms with E-state index in [0.29, 0.717) is 29.9 Å². The van der Waals surface area contributed by atoms with Crippen molar-refractivity contribution in [2.24, 2.45) is 0 Å². The number of hydrogen-bond donors (Lipinski definition) is 1. The highest BCUT2D eigenvalue weighted by molar-refractivity contribution is 6.02. The summed E-state index contributed by atoms with van der Waals surface area (Å²) >= 11 is 0. The van der Waals surface area contributed by atoms with Crippen LogP contribution in [0.4, 0.5) is 24.5 Å². The van der Waals surface area contributed by atoms with Gasteiger partial charge < -0.3 is 14.9 Å². The molecule has 132 valence electrons. The van der Waals surface area contributed by atoms with Gasteiger partial charge in [-0.1, -0.05) is 12.1 Å². The Kier molecular flexibility index (Phi) is 4.67. The van der Waals surface area contributed by atoms with Gasteiger partial charge in [0, 0.05) is 18.8 Å². The first kappa shape index (κ1) is 17.3. The van der Waals surface area contributed by atoms with E-state index in [1.54, 1.807) is 34.1 Å². The van der Waals surface area contributed by atoms with Crippen molar-refractivity contribution in [2.75, 3.05) is 24.7 Å². The van der Waals surface area contributed by atoms with Crippen LogP contribution in [0.5, 0.6) is 0 Å². The van der Waals surface area contributed by atoms with Gasteiger partial charge in [0.2, 0.25) is 0 Å². The van der Waals surface area contributed by atoms with Crippen molar-refractivity contribution >= 4 is 17.3 Å². The molecule has 0 bridgehead atoms. The van der Waals surface area contributed by atoms with Gasteiger partial charge in [0.1, 0.15) is 0 Å². The van der Waals surface area contributed by atoms with E-state index in [-0.39, 0.29) is 19.2 Å². The normalized spacial score (nSPS) is 14.6. The topological polar surface area (TPSA) is 43.8 Å². The van der Waals surface area contributed by atoms with Crippen LogP contribution in [0.25, 0.3) is 0 Å². The fourth-order valence-electron chi connectivity index (χ4n) is 2.86. The number of halogens is 3. The summed E-state index contributed by atoms with van der Waals surface area (Å²) in [6.07, 6.45) is -3.95. The highest BCUT2D eigenvalue weighted by atomic mass is 19.4. The largest absolute Gasteiger partial charge is 0.416 e. The van der Waals surface area contributed by atoms with Gasteiger partial charge in [-0.3, -0.25) is 4.79 Å². The van der Waals surface area contributed by atoms with Crippen molar-refractivity contribution in [1.82, 2.24) is 4.90 Å². The lowest BCUT2D eigenvalue weighted by Gasteiger charge is -2.38. The Balaban J connectivity index is 1.96. The summed E-state index contributed by atoms with van der Waals surface area (Å²) < 4.78 is 38.3. The maximum Gasteiger partial charge on any atom is 0.416 e. The summed E-state index contributed by atoms with van der Waals surface area (Å²) in [6, 6.07) is 11.9. The molecule has 0 saturated heterocycles. The van der Waals surface area contributed by atoms with Crippen LogP contribution in [0.2, 0.25) is 0 Å². The average molecular weight is 350 g/mol. The number of aliphatic hydroxyl groups is 1. The minimum Gasteiger partial charge on any atom is -0.396 e. The summed E-state index contributed by atoms with van der Waals surface area (Å²) in [5.41, 5.74) is 1.01. The summed E-state index contributed by atoms with van der Waals surface area (Å²) in [4.78, 5) is 15.9. The lowest BCUT2D eigenvalue weighted by Crippen LogP contribution is -2.45. The second-order valence-corrected chi connectivity index (χ2v) is 5.78. The van der Waals surface area contributed by atoms with Gasteiger partial charge in [0.05, 0.1) is 23.5 Å². The molecule has 1 aliphatic heterocycles. The van der Waals surface area contributed by atoms with Gasteiger partial charge in [-0.05, 0) is 42.8 Å². The Morgan fingerprint density at radius 1 is 1.04 bits per heavy atom. The van der Waals surface area contributed by atoms with Crippen LogP contribution in [0.3, 0.4) is 0 Å². The molecule has 2 aromatic rings. The van der Waals surface area contributed by atoms with Crippen molar-refractivity contribution in [2.45, 2.75) is 12.6 Å². The minimum atomic E-state index is -4.39. The Morgan fingerprint density at radius 2 is 1.72 bits per heavy atom. The van der Waals surface area contributed by atoms with E-state index in [9.17, 15) is 18.0 Å². The zero-order chi connectivity index (χ0) is 18.0. The van der Waals surface area contributed by atoms with Crippen LogP contribution in [-0.4, -0.2) is 35.7 Å². The lowest BCUT2D eigenvalue weighted by atomic mass is 10.1. The molecular formula is C18H17F3N2O2. The summed E-state index contributed by atoms with van der Waals surface area (Å²) in [7, 11) is 0. The smallest absolute Gasteiger partial charge is 0.396 e. The number of amides is 1. The number of anilines is 2. The monoisotopic (exact) mass is 350 g/mol. The van der Waals surface area contributed by atoms with E-state index in [4.69, 9.17) is 5.11 Å². The van der Waals surface area contributed by atoms with Crippen LogP contribution in [0, 0.1) is 0 Å². The Labute approximate surface area is 143 Å². The second-order valence-electron chi connectivity index (χ2n) is 5.78. The third kappa shape index (κ3) is 3.46. The molecule has 0 radical (unpaired) electrons. The molecule has 4 nitrogen and oxygen atoms in total. The maximum atomic E-state index is 12.8. The number of rotatable bonds is 4. The minimum absolute atomic E-state index is 0.0360. The molecule has 0 aromatic heterocycles. The third-order valence-corrected chi connectivity index (χ3v) is 4.12. The van der Waals surface area contributed by atoms with Crippen molar-refractivity contribution in [3.63, 3.8) is 0 Å². The number of alkyl halides is 3. The number of hydrogen-bond acceptors (Lipinski definition) is 3. The van der Waals surface area contributed by atoms with Gasteiger partial charge in [0.25, 0.3) is 5.91 Å². The number of nitrogens with zero attached hydrogens (tertiary/aromatic N) is 2. The molecule has 0 atom stereocenters. The van der Waals surface area contributed by atoms with Crippen molar-refractivity contribution in [3.05, 3.63) is 59.7 Å². The molecule has 1 N–H and O–H groups in total. The molecule has 0 unspecified atom stereocenters. The molecule has 0 aliphatic carbocycles. The van der Waals surface area contributed by atoms with E-state index >= 15 is 0 Å². The quantitative estimate of drug-likeness (QED) is 0.916. The molecule has 1 heterocycles. The van der Waals surface area contributed by atoms with E-state index in [1.165, 1.54) is 12.1 Å². The number of aliphatic hydroxyl groups excluding tert-OH is 1. The molecule has 0 fully saturated rings. The fraction of sp³-hybridized carbons (Fsp3) is 0.278. The first-order valence-electron chi connectivity index (χ1n) is 7.86. The van der Waals surface area contributed by atoms with E-state index in [2.05, 4.69) is 0 Å². The molecule has 3 rings (SSSR count). The number of para-hydroxylation sites is 1. The van der Waals surface area contributed by atoms with Crippen molar-refractivity contribution < 1.29 is 23.1 Å². The average Bonchev–Trinajstić information content (AvgIpc) is 2.61. The van der Waals surface area contributed by atoms with Gasteiger partial charge in [-0.25, -0.2) is 0 Å². The van der Waals surface area contributed by atoms with Crippen LogP contribution in [-0.2, 0) is 6.18 Å². The molecule has 0 spiro atoms. The van der Waals surface area contributed by atoms with Crippen molar-refractivity contribution in [3.8, 4) is 0 Å². The molecular weight excluding hydrogens is 333 g/mol. The van der Waals surface area contributed by atoms with Crippen LogP contribution in [0.15, 0.2) is 48.5 Å². The fourth-order valence-corrected chi connectivity index (χ4v) is 2.86. The zero-order valence-corrected chi connectivity index (χ0v) is 13.3. The first-order chi connectivity index (χ1) is 11.9. The van der Waals surface area contributed by atoms with Gasteiger partial charge >= 0.3 is 6.18 Å². The molecule has 0 saturated carbocycles. The van der Waals surface area contributed by atoms with Gasteiger partial charge in [-0.15, -0.1) is 0 Å². The molecule has 2 aromatic carbocycles. The number of benzene rings is 2. The van der Waals surface area contributed by atoms with Gasteiger partial charge in [-0.2, -0.15) is 13.2 Å². The van der Waals surface area contributed by atoms with Crippen LogP contribution < -0.4 is 4.90 Å². The highest BCUT2D eigenvalue weighted by Crippen LogP contribution is 2.35. The lowest BCUT2D eigenvalue weighted by molar-refractivity contribution is -0.137.